The molecule has 1 heterocycles. The Balaban J connectivity index is 2.18. The summed E-state index contributed by atoms with van der Waals surface area (Å²) < 4.78 is 11.1. The first kappa shape index (κ1) is 22.2. The Bertz CT molecular complexity index is 898. The number of Topliss-reactive ketones (excluding diaryl/α,β-unsaturated/α-hetero) is 1. The first-order chi connectivity index (χ1) is 14.3. The molecule has 2 aliphatic rings. The molecular formula is C24H32N2O4. The number of carbonyl (C=O) groups excluding carboxylic acids is 2. The Morgan fingerprint density at radius 1 is 1.30 bits per heavy atom. The van der Waals surface area contributed by atoms with Crippen LogP contribution in [0.3, 0.4) is 0 Å². The van der Waals surface area contributed by atoms with E-state index in [0.29, 0.717) is 36.4 Å². The molecule has 3 rings (SSSR count). The molecule has 0 spiro atoms. The first-order valence-corrected chi connectivity index (χ1v) is 10.5. The van der Waals surface area contributed by atoms with Crippen LogP contribution in [0.1, 0.15) is 50.7 Å². The zero-order valence-corrected chi connectivity index (χ0v) is 18.3. The van der Waals surface area contributed by atoms with E-state index in [1.807, 2.05) is 31.2 Å². The second kappa shape index (κ2) is 9.14. The molecular weight excluding hydrogens is 380 g/mol. The number of benzene rings is 1. The van der Waals surface area contributed by atoms with Crippen LogP contribution in [0.25, 0.3) is 0 Å². The van der Waals surface area contributed by atoms with Crippen molar-refractivity contribution in [1.82, 2.24) is 5.32 Å². The molecule has 1 unspecified atom stereocenters. The van der Waals surface area contributed by atoms with Crippen LogP contribution in [0.4, 0.5) is 0 Å². The van der Waals surface area contributed by atoms with Crippen molar-refractivity contribution in [1.29, 1.82) is 0 Å². The Hall–Kier alpha value is -2.44. The summed E-state index contributed by atoms with van der Waals surface area (Å²) >= 11 is 0. The average Bonchev–Trinajstić information content (AvgIpc) is 2.66. The van der Waals surface area contributed by atoms with Crippen LogP contribution < -0.4 is 11.1 Å². The van der Waals surface area contributed by atoms with Gasteiger partial charge in [-0.1, -0.05) is 43.7 Å². The minimum atomic E-state index is -0.472. The molecule has 162 valence electrons. The number of dihydropyridines is 1. The predicted octanol–water partition coefficient (Wildman–Crippen LogP) is 3.12. The zero-order chi connectivity index (χ0) is 21.9. The highest BCUT2D eigenvalue weighted by atomic mass is 16.5. The van der Waals surface area contributed by atoms with Crippen molar-refractivity contribution in [2.45, 2.75) is 46.5 Å². The molecule has 1 aliphatic heterocycles. The van der Waals surface area contributed by atoms with E-state index in [4.69, 9.17) is 15.2 Å². The van der Waals surface area contributed by atoms with Gasteiger partial charge in [0.05, 0.1) is 31.1 Å². The molecule has 6 nitrogen and oxygen atoms in total. The number of ketones is 1. The lowest BCUT2D eigenvalue weighted by Gasteiger charge is -2.40. The van der Waals surface area contributed by atoms with Gasteiger partial charge in [-0.25, -0.2) is 4.79 Å². The average molecular weight is 413 g/mol. The first-order valence-electron chi connectivity index (χ1n) is 10.5. The normalized spacial score (nSPS) is 20.7. The number of ether oxygens (including phenoxy) is 2. The van der Waals surface area contributed by atoms with Crippen LogP contribution in [-0.2, 0) is 19.1 Å². The third-order valence-corrected chi connectivity index (χ3v) is 5.50. The van der Waals surface area contributed by atoms with E-state index in [0.717, 1.165) is 23.2 Å². The summed E-state index contributed by atoms with van der Waals surface area (Å²) in [6.45, 7) is 9.20. The lowest BCUT2D eigenvalue weighted by molar-refractivity contribution is -0.139. The summed E-state index contributed by atoms with van der Waals surface area (Å²) in [5, 5.41) is 3.38. The summed E-state index contributed by atoms with van der Waals surface area (Å²) in [7, 11) is 0. The van der Waals surface area contributed by atoms with Crippen molar-refractivity contribution in [2.75, 3.05) is 26.4 Å². The van der Waals surface area contributed by atoms with E-state index >= 15 is 0 Å². The summed E-state index contributed by atoms with van der Waals surface area (Å²) in [4.78, 5) is 26.4. The third kappa shape index (κ3) is 4.65. The SMILES string of the molecule is CCOC(=O)C1=C(COCCN)NC2=C(C(=O)CC(C)(C)C2)C1c1cccc(C)c1. The second-order valence-corrected chi connectivity index (χ2v) is 8.76. The third-order valence-electron chi connectivity index (χ3n) is 5.50. The predicted molar refractivity (Wildman–Crippen MR) is 116 cm³/mol. The second-order valence-electron chi connectivity index (χ2n) is 8.76. The maximum Gasteiger partial charge on any atom is 0.336 e. The van der Waals surface area contributed by atoms with Crippen molar-refractivity contribution in [2.24, 2.45) is 11.1 Å². The largest absolute Gasteiger partial charge is 0.463 e. The molecule has 0 bridgehead atoms. The van der Waals surface area contributed by atoms with E-state index in [2.05, 4.69) is 19.2 Å². The van der Waals surface area contributed by atoms with Gasteiger partial charge >= 0.3 is 5.97 Å². The maximum atomic E-state index is 13.3. The fraction of sp³-hybridized carbons (Fsp3) is 0.500. The van der Waals surface area contributed by atoms with Crippen LogP contribution in [0.15, 0.2) is 46.8 Å². The van der Waals surface area contributed by atoms with Crippen molar-refractivity contribution in [3.8, 4) is 0 Å². The van der Waals surface area contributed by atoms with E-state index in [9.17, 15) is 9.59 Å². The van der Waals surface area contributed by atoms with E-state index in [1.165, 1.54) is 0 Å². The van der Waals surface area contributed by atoms with Gasteiger partial charge in [-0.3, -0.25) is 4.79 Å². The molecule has 1 aromatic carbocycles. The molecule has 0 aromatic heterocycles. The monoisotopic (exact) mass is 412 g/mol. The van der Waals surface area contributed by atoms with Gasteiger partial charge < -0.3 is 20.5 Å². The van der Waals surface area contributed by atoms with Crippen LogP contribution >= 0.6 is 0 Å². The molecule has 6 heteroatoms. The molecule has 0 fully saturated rings. The Morgan fingerprint density at radius 2 is 2.07 bits per heavy atom. The van der Waals surface area contributed by atoms with Crippen LogP contribution in [-0.4, -0.2) is 38.1 Å². The molecule has 1 aromatic rings. The van der Waals surface area contributed by atoms with E-state index in [-0.39, 0.29) is 24.4 Å². The fourth-order valence-corrected chi connectivity index (χ4v) is 4.35. The smallest absolute Gasteiger partial charge is 0.336 e. The highest BCUT2D eigenvalue weighted by Crippen LogP contribution is 2.46. The van der Waals surface area contributed by atoms with Gasteiger partial charge in [-0.2, -0.15) is 0 Å². The van der Waals surface area contributed by atoms with Gasteiger partial charge in [-0.15, -0.1) is 0 Å². The zero-order valence-electron chi connectivity index (χ0n) is 18.3. The number of hydrogen-bond donors (Lipinski definition) is 2. The number of rotatable bonds is 7. The molecule has 1 aliphatic carbocycles. The summed E-state index contributed by atoms with van der Waals surface area (Å²) in [6, 6.07) is 7.96. The molecule has 0 saturated heterocycles. The minimum Gasteiger partial charge on any atom is -0.463 e. The van der Waals surface area contributed by atoms with Gasteiger partial charge in [0.1, 0.15) is 0 Å². The standard InChI is InChI=1S/C24H32N2O4/c1-5-30-23(28)22-18(14-29-10-9-25)26-17-12-24(3,4)13-19(27)21(17)20(22)16-8-6-7-15(2)11-16/h6-8,11,20,26H,5,9-10,12-14,25H2,1-4H3. The lowest BCUT2D eigenvalue weighted by atomic mass is 9.68. The van der Waals surface area contributed by atoms with Gasteiger partial charge in [0, 0.05) is 30.2 Å². The highest BCUT2D eigenvalue weighted by molar-refractivity contribution is 6.04. The van der Waals surface area contributed by atoms with Crippen molar-refractivity contribution < 1.29 is 19.1 Å². The number of hydrogen-bond acceptors (Lipinski definition) is 6. The summed E-state index contributed by atoms with van der Waals surface area (Å²) in [6.07, 6.45) is 1.18. The van der Waals surface area contributed by atoms with Crippen LogP contribution in [0.2, 0.25) is 0 Å². The van der Waals surface area contributed by atoms with E-state index < -0.39 is 11.9 Å². The number of nitrogens with one attached hydrogen (secondary N) is 1. The van der Waals surface area contributed by atoms with Crippen molar-refractivity contribution in [3.05, 3.63) is 57.9 Å². The number of allylic oxidation sites excluding steroid dienone is 2. The number of nitrogens with two attached hydrogens (primary N) is 1. The Morgan fingerprint density at radius 3 is 2.73 bits per heavy atom. The Labute approximate surface area is 178 Å². The van der Waals surface area contributed by atoms with Crippen molar-refractivity contribution in [3.63, 3.8) is 0 Å². The highest BCUT2D eigenvalue weighted by Gasteiger charge is 2.43. The van der Waals surface area contributed by atoms with Crippen molar-refractivity contribution >= 4 is 11.8 Å². The number of carbonyl (C=O) groups is 2. The molecule has 1 atom stereocenters. The molecule has 0 saturated carbocycles. The topological polar surface area (TPSA) is 90.7 Å². The Kier molecular flexibility index (Phi) is 6.78. The lowest BCUT2D eigenvalue weighted by Crippen LogP contribution is -2.40. The van der Waals surface area contributed by atoms with Crippen LogP contribution in [0.5, 0.6) is 0 Å². The molecule has 0 radical (unpaired) electrons. The van der Waals surface area contributed by atoms with Crippen LogP contribution in [0, 0.1) is 12.3 Å². The van der Waals surface area contributed by atoms with E-state index in [1.54, 1.807) is 6.92 Å². The summed E-state index contributed by atoms with van der Waals surface area (Å²) in [5.41, 5.74) is 10.1. The van der Waals surface area contributed by atoms with Gasteiger partial charge in [0.15, 0.2) is 5.78 Å². The maximum absolute atomic E-state index is 13.3. The fourth-order valence-electron chi connectivity index (χ4n) is 4.35. The molecule has 30 heavy (non-hydrogen) atoms. The van der Waals surface area contributed by atoms with Gasteiger partial charge in [0.2, 0.25) is 0 Å². The minimum absolute atomic E-state index is 0.0731. The number of esters is 1. The van der Waals surface area contributed by atoms with Gasteiger partial charge in [0.25, 0.3) is 0 Å². The number of aryl methyl sites for hydroxylation is 1. The van der Waals surface area contributed by atoms with Gasteiger partial charge in [-0.05, 0) is 31.2 Å². The summed E-state index contributed by atoms with van der Waals surface area (Å²) in [5.74, 6) is -0.823. The molecule has 0 amide bonds. The molecule has 3 N–H and O–H groups in total. The quantitative estimate of drug-likeness (QED) is 0.528.